The van der Waals surface area contributed by atoms with Gasteiger partial charge in [0.15, 0.2) is 0 Å². The number of hydrogen-bond donors (Lipinski definition) is 1. The Kier molecular flexibility index (Phi) is 4.02. The SMILES string of the molecule is Cc1ccc(OCC2CCC(C)O2)c(CO)c1. The summed E-state index contributed by atoms with van der Waals surface area (Å²) >= 11 is 0. The molecule has 2 rings (SSSR count). The molecule has 2 atom stereocenters. The van der Waals surface area contributed by atoms with Gasteiger partial charge < -0.3 is 14.6 Å². The van der Waals surface area contributed by atoms with Gasteiger partial charge in [-0.25, -0.2) is 0 Å². The summed E-state index contributed by atoms with van der Waals surface area (Å²) in [6, 6.07) is 5.86. The van der Waals surface area contributed by atoms with E-state index in [9.17, 15) is 5.11 Å². The van der Waals surface area contributed by atoms with Crippen LogP contribution in [0.2, 0.25) is 0 Å². The van der Waals surface area contributed by atoms with Gasteiger partial charge in [-0.2, -0.15) is 0 Å². The molecule has 1 aromatic rings. The molecule has 0 amide bonds. The second kappa shape index (κ2) is 5.52. The van der Waals surface area contributed by atoms with Crippen molar-refractivity contribution in [1.82, 2.24) is 0 Å². The van der Waals surface area contributed by atoms with Crippen molar-refractivity contribution < 1.29 is 14.6 Å². The van der Waals surface area contributed by atoms with Gasteiger partial charge in [-0.1, -0.05) is 17.7 Å². The molecule has 1 saturated heterocycles. The molecule has 0 aromatic heterocycles. The van der Waals surface area contributed by atoms with E-state index in [0.717, 1.165) is 29.7 Å². The molecule has 3 nitrogen and oxygen atoms in total. The first-order valence-corrected chi connectivity index (χ1v) is 6.17. The van der Waals surface area contributed by atoms with Crippen molar-refractivity contribution in [3.05, 3.63) is 29.3 Å². The monoisotopic (exact) mass is 236 g/mol. The maximum atomic E-state index is 9.27. The largest absolute Gasteiger partial charge is 0.491 e. The van der Waals surface area contributed by atoms with E-state index in [0.29, 0.717) is 12.7 Å². The number of aliphatic hydroxyl groups is 1. The van der Waals surface area contributed by atoms with E-state index in [-0.39, 0.29) is 12.7 Å². The summed E-state index contributed by atoms with van der Waals surface area (Å²) < 4.78 is 11.4. The van der Waals surface area contributed by atoms with Gasteiger partial charge in [0.1, 0.15) is 12.4 Å². The van der Waals surface area contributed by atoms with Crippen LogP contribution in [0.25, 0.3) is 0 Å². The van der Waals surface area contributed by atoms with Crippen molar-refractivity contribution in [2.45, 2.75) is 45.5 Å². The molecule has 0 saturated carbocycles. The van der Waals surface area contributed by atoms with E-state index in [4.69, 9.17) is 9.47 Å². The highest BCUT2D eigenvalue weighted by molar-refractivity contribution is 5.36. The quantitative estimate of drug-likeness (QED) is 0.872. The minimum absolute atomic E-state index is 0.0128. The average Bonchev–Trinajstić information content (AvgIpc) is 2.73. The van der Waals surface area contributed by atoms with Crippen LogP contribution in [0.3, 0.4) is 0 Å². The van der Waals surface area contributed by atoms with Gasteiger partial charge in [0.25, 0.3) is 0 Å². The fraction of sp³-hybridized carbons (Fsp3) is 0.571. The molecule has 1 heterocycles. The minimum Gasteiger partial charge on any atom is -0.491 e. The summed E-state index contributed by atoms with van der Waals surface area (Å²) in [5.41, 5.74) is 1.98. The molecule has 1 aliphatic rings. The second-order valence-corrected chi connectivity index (χ2v) is 4.73. The lowest BCUT2D eigenvalue weighted by molar-refractivity contribution is 0.0260. The minimum atomic E-state index is 0.0128. The van der Waals surface area contributed by atoms with Gasteiger partial charge in [-0.05, 0) is 32.8 Å². The van der Waals surface area contributed by atoms with Crippen molar-refractivity contribution in [2.75, 3.05) is 6.61 Å². The first kappa shape index (κ1) is 12.4. The molecule has 3 heteroatoms. The van der Waals surface area contributed by atoms with Crippen LogP contribution in [-0.2, 0) is 11.3 Å². The van der Waals surface area contributed by atoms with Crippen LogP contribution in [0.15, 0.2) is 18.2 Å². The van der Waals surface area contributed by atoms with Gasteiger partial charge in [0.2, 0.25) is 0 Å². The predicted molar refractivity (Wildman–Crippen MR) is 66.2 cm³/mol. The van der Waals surface area contributed by atoms with E-state index in [2.05, 4.69) is 6.92 Å². The number of aliphatic hydroxyl groups excluding tert-OH is 1. The number of hydrogen-bond acceptors (Lipinski definition) is 3. The first-order chi connectivity index (χ1) is 8.19. The van der Waals surface area contributed by atoms with Gasteiger partial charge >= 0.3 is 0 Å². The molecular formula is C14H20O3. The Morgan fingerprint density at radius 3 is 2.88 bits per heavy atom. The Morgan fingerprint density at radius 1 is 1.41 bits per heavy atom. The van der Waals surface area contributed by atoms with Gasteiger partial charge in [0.05, 0.1) is 18.8 Å². The fourth-order valence-electron chi connectivity index (χ4n) is 2.16. The van der Waals surface area contributed by atoms with E-state index in [1.165, 1.54) is 0 Å². The lowest BCUT2D eigenvalue weighted by Gasteiger charge is -2.15. The molecule has 0 spiro atoms. The maximum absolute atomic E-state index is 9.27. The van der Waals surface area contributed by atoms with Crippen molar-refractivity contribution in [3.8, 4) is 5.75 Å². The molecule has 94 valence electrons. The maximum Gasteiger partial charge on any atom is 0.124 e. The van der Waals surface area contributed by atoms with Crippen molar-refractivity contribution in [3.63, 3.8) is 0 Å². The summed E-state index contributed by atoms with van der Waals surface area (Å²) in [6.07, 6.45) is 2.70. The summed E-state index contributed by atoms with van der Waals surface area (Å²) in [7, 11) is 0. The van der Waals surface area contributed by atoms with Crippen LogP contribution < -0.4 is 4.74 Å². The molecule has 1 aromatic carbocycles. The fourth-order valence-corrected chi connectivity index (χ4v) is 2.16. The molecular weight excluding hydrogens is 216 g/mol. The van der Waals surface area contributed by atoms with Crippen LogP contribution in [-0.4, -0.2) is 23.9 Å². The predicted octanol–water partition coefficient (Wildman–Crippen LogP) is 2.43. The smallest absolute Gasteiger partial charge is 0.124 e. The van der Waals surface area contributed by atoms with E-state index < -0.39 is 0 Å². The van der Waals surface area contributed by atoms with Crippen LogP contribution in [0.1, 0.15) is 30.9 Å². The number of ether oxygens (including phenoxy) is 2. The van der Waals surface area contributed by atoms with Crippen molar-refractivity contribution >= 4 is 0 Å². The lowest BCUT2D eigenvalue weighted by Crippen LogP contribution is -2.18. The normalized spacial score (nSPS) is 23.9. The molecule has 0 bridgehead atoms. The molecule has 1 N–H and O–H groups in total. The molecule has 1 aliphatic heterocycles. The lowest BCUT2D eigenvalue weighted by atomic mass is 10.1. The Balaban J connectivity index is 1.94. The third-order valence-electron chi connectivity index (χ3n) is 3.13. The van der Waals surface area contributed by atoms with Gasteiger partial charge in [-0.15, -0.1) is 0 Å². The van der Waals surface area contributed by atoms with E-state index in [1.54, 1.807) is 0 Å². The third-order valence-corrected chi connectivity index (χ3v) is 3.13. The number of benzene rings is 1. The zero-order valence-corrected chi connectivity index (χ0v) is 10.5. The van der Waals surface area contributed by atoms with Crippen LogP contribution in [0, 0.1) is 6.92 Å². The summed E-state index contributed by atoms with van der Waals surface area (Å²) in [6.45, 7) is 4.68. The van der Waals surface area contributed by atoms with Crippen LogP contribution in [0.4, 0.5) is 0 Å². The van der Waals surface area contributed by atoms with Crippen molar-refractivity contribution in [2.24, 2.45) is 0 Å². The Hall–Kier alpha value is -1.06. The second-order valence-electron chi connectivity index (χ2n) is 4.73. The van der Waals surface area contributed by atoms with Gasteiger partial charge in [0, 0.05) is 5.56 Å². The molecule has 2 unspecified atom stereocenters. The molecule has 1 fully saturated rings. The number of aryl methyl sites for hydroxylation is 1. The number of rotatable bonds is 4. The first-order valence-electron chi connectivity index (χ1n) is 6.17. The van der Waals surface area contributed by atoms with Crippen molar-refractivity contribution in [1.29, 1.82) is 0 Å². The average molecular weight is 236 g/mol. The highest BCUT2D eigenvalue weighted by Gasteiger charge is 2.22. The summed E-state index contributed by atoms with van der Waals surface area (Å²) in [4.78, 5) is 0. The van der Waals surface area contributed by atoms with Gasteiger partial charge in [-0.3, -0.25) is 0 Å². The Bertz CT molecular complexity index is 376. The van der Waals surface area contributed by atoms with Crippen LogP contribution in [0.5, 0.6) is 5.75 Å². The topological polar surface area (TPSA) is 38.7 Å². The highest BCUT2D eigenvalue weighted by Crippen LogP contribution is 2.23. The van der Waals surface area contributed by atoms with E-state index in [1.807, 2.05) is 25.1 Å². The zero-order chi connectivity index (χ0) is 12.3. The third kappa shape index (κ3) is 3.20. The summed E-state index contributed by atoms with van der Waals surface area (Å²) in [5.74, 6) is 0.765. The zero-order valence-electron chi connectivity index (χ0n) is 10.5. The standard InChI is InChI=1S/C14H20O3/c1-10-3-6-14(12(7-10)8-15)16-9-13-5-4-11(2)17-13/h3,6-7,11,13,15H,4-5,8-9H2,1-2H3. The van der Waals surface area contributed by atoms with Crippen LogP contribution >= 0.6 is 0 Å². The molecule has 17 heavy (non-hydrogen) atoms. The highest BCUT2D eigenvalue weighted by atomic mass is 16.5. The summed E-state index contributed by atoms with van der Waals surface area (Å²) in [5, 5.41) is 9.27. The Labute approximate surface area is 102 Å². The Morgan fingerprint density at radius 2 is 2.24 bits per heavy atom. The van der Waals surface area contributed by atoms with E-state index >= 15 is 0 Å². The molecule has 0 radical (unpaired) electrons. The molecule has 0 aliphatic carbocycles.